The molecule has 10 heteroatoms. The molecule has 0 aromatic heterocycles. The third kappa shape index (κ3) is 4.68. The lowest BCUT2D eigenvalue weighted by atomic mass is 9.93. The Morgan fingerprint density at radius 3 is 2.44 bits per heavy atom. The summed E-state index contributed by atoms with van der Waals surface area (Å²) in [6.45, 7) is 2.88. The molecule has 3 rings (SSSR count). The normalized spacial score (nSPS) is 19.3. The van der Waals surface area contributed by atoms with Crippen LogP contribution in [-0.4, -0.2) is 41.0 Å². The number of aromatic carboxylic acids is 1. The van der Waals surface area contributed by atoms with Crippen molar-refractivity contribution in [1.82, 2.24) is 15.8 Å². The van der Waals surface area contributed by atoms with E-state index in [-0.39, 0.29) is 22.8 Å². The first-order valence-corrected chi connectivity index (χ1v) is 10.0. The molecule has 170 valence electrons. The van der Waals surface area contributed by atoms with Crippen molar-refractivity contribution < 1.29 is 28.2 Å². The summed E-state index contributed by atoms with van der Waals surface area (Å²) in [5, 5.41) is 13.3. The molecule has 2 aromatic carbocycles. The zero-order valence-corrected chi connectivity index (χ0v) is 18.3. The Kier molecular flexibility index (Phi) is 6.71. The molecule has 0 aliphatic carbocycles. The SMILES string of the molecule is CC(NC(=O)C1=C(Oc2cccc(Cl)c2)N(C)NC1(C)C(F)F)c1ccc(C(=O)O)cc1. The van der Waals surface area contributed by atoms with Crippen LogP contribution >= 0.6 is 11.6 Å². The number of carboxylic acids is 1. The van der Waals surface area contributed by atoms with Crippen molar-refractivity contribution in [2.45, 2.75) is 31.9 Å². The van der Waals surface area contributed by atoms with Gasteiger partial charge in [-0.1, -0.05) is 29.8 Å². The van der Waals surface area contributed by atoms with Gasteiger partial charge in [-0.3, -0.25) is 9.80 Å². The molecular weight excluding hydrogens is 444 g/mol. The number of ether oxygens (including phenoxy) is 1. The van der Waals surface area contributed by atoms with E-state index >= 15 is 0 Å². The lowest BCUT2D eigenvalue weighted by Crippen LogP contribution is -2.52. The Morgan fingerprint density at radius 1 is 1.22 bits per heavy atom. The van der Waals surface area contributed by atoms with E-state index in [2.05, 4.69) is 10.7 Å². The van der Waals surface area contributed by atoms with Crippen molar-refractivity contribution in [3.05, 3.63) is 76.1 Å². The van der Waals surface area contributed by atoms with Crippen molar-refractivity contribution in [2.75, 3.05) is 7.05 Å². The van der Waals surface area contributed by atoms with E-state index < -0.39 is 29.9 Å². The monoisotopic (exact) mass is 465 g/mol. The second kappa shape index (κ2) is 9.13. The van der Waals surface area contributed by atoms with Gasteiger partial charge in [-0.25, -0.2) is 19.0 Å². The van der Waals surface area contributed by atoms with Crippen molar-refractivity contribution in [1.29, 1.82) is 0 Å². The number of nitrogens with one attached hydrogen (secondary N) is 2. The number of amides is 1. The maximum absolute atomic E-state index is 14.0. The van der Waals surface area contributed by atoms with Gasteiger partial charge in [-0.05, 0) is 49.7 Å². The van der Waals surface area contributed by atoms with Crippen molar-refractivity contribution in [3.63, 3.8) is 0 Å². The first-order valence-electron chi connectivity index (χ1n) is 9.65. The van der Waals surface area contributed by atoms with Crippen LogP contribution in [0, 0.1) is 0 Å². The molecule has 1 amide bonds. The number of carbonyl (C=O) groups excluding carboxylic acids is 1. The number of hydrazine groups is 1. The fourth-order valence-electron chi connectivity index (χ4n) is 3.36. The van der Waals surface area contributed by atoms with Gasteiger partial charge in [0.2, 0.25) is 5.88 Å². The summed E-state index contributed by atoms with van der Waals surface area (Å²) in [7, 11) is 1.47. The molecule has 0 saturated carbocycles. The van der Waals surface area contributed by atoms with E-state index in [0.29, 0.717) is 10.6 Å². The smallest absolute Gasteiger partial charge is 0.335 e. The average molecular weight is 466 g/mol. The summed E-state index contributed by atoms with van der Waals surface area (Å²) in [6, 6.07) is 11.7. The number of carboxylic acid groups (broad SMARTS) is 1. The molecule has 2 unspecified atom stereocenters. The van der Waals surface area contributed by atoms with Gasteiger partial charge in [-0.2, -0.15) is 0 Å². The molecule has 0 fully saturated rings. The van der Waals surface area contributed by atoms with Crippen LogP contribution in [0.2, 0.25) is 5.02 Å². The van der Waals surface area contributed by atoms with Crippen LogP contribution in [0.1, 0.15) is 35.8 Å². The van der Waals surface area contributed by atoms with Crippen LogP contribution in [0.15, 0.2) is 60.0 Å². The lowest BCUT2D eigenvalue weighted by molar-refractivity contribution is -0.119. The van der Waals surface area contributed by atoms with Crippen molar-refractivity contribution in [2.24, 2.45) is 0 Å². The highest BCUT2D eigenvalue weighted by Crippen LogP contribution is 2.36. The Morgan fingerprint density at radius 2 is 1.88 bits per heavy atom. The number of benzene rings is 2. The molecule has 1 aliphatic heterocycles. The Labute approximate surface area is 188 Å². The molecule has 2 atom stereocenters. The molecule has 0 saturated heterocycles. The molecule has 1 heterocycles. The minimum atomic E-state index is -2.92. The van der Waals surface area contributed by atoms with Crippen molar-refractivity contribution in [3.8, 4) is 5.75 Å². The molecule has 0 bridgehead atoms. The molecule has 32 heavy (non-hydrogen) atoms. The molecular formula is C22H22ClF2N3O4. The third-order valence-corrected chi connectivity index (χ3v) is 5.35. The standard InChI is InChI=1S/C22H22ClF2N3O4/c1-12(13-7-9-14(10-8-13)20(30)31)26-18(29)17-19(28(3)27-22(17,2)21(24)25)32-16-6-4-5-15(23)11-16/h4-12,21,27H,1-3H3,(H,26,29)(H,30,31). The summed E-state index contributed by atoms with van der Waals surface area (Å²) in [4.78, 5) is 24.2. The maximum atomic E-state index is 14.0. The Bertz CT molecular complexity index is 1060. The predicted molar refractivity (Wildman–Crippen MR) is 114 cm³/mol. The van der Waals surface area contributed by atoms with E-state index in [1.807, 2.05) is 0 Å². The Hall–Kier alpha value is -3.17. The number of hydrogen-bond donors (Lipinski definition) is 3. The largest absolute Gasteiger partial charge is 0.478 e. The van der Waals surface area contributed by atoms with Crippen LogP contribution < -0.4 is 15.5 Å². The highest BCUT2D eigenvalue weighted by Gasteiger charge is 2.51. The van der Waals surface area contributed by atoms with Gasteiger partial charge >= 0.3 is 5.97 Å². The van der Waals surface area contributed by atoms with E-state index in [1.165, 1.54) is 37.2 Å². The van der Waals surface area contributed by atoms with Gasteiger partial charge in [0.1, 0.15) is 16.9 Å². The van der Waals surface area contributed by atoms with Gasteiger partial charge < -0.3 is 15.2 Å². The highest BCUT2D eigenvalue weighted by molar-refractivity contribution is 6.30. The van der Waals surface area contributed by atoms with Crippen LogP contribution in [-0.2, 0) is 4.79 Å². The van der Waals surface area contributed by atoms with E-state index in [4.69, 9.17) is 21.4 Å². The first-order chi connectivity index (χ1) is 15.0. The van der Waals surface area contributed by atoms with Gasteiger partial charge in [0.05, 0.1) is 11.6 Å². The fourth-order valence-corrected chi connectivity index (χ4v) is 3.54. The van der Waals surface area contributed by atoms with Crippen LogP contribution in [0.25, 0.3) is 0 Å². The number of alkyl halides is 2. The number of nitrogens with zero attached hydrogens (tertiary/aromatic N) is 1. The van der Waals surface area contributed by atoms with E-state index in [9.17, 15) is 18.4 Å². The third-order valence-electron chi connectivity index (χ3n) is 5.12. The summed E-state index contributed by atoms with van der Waals surface area (Å²) in [6.07, 6.45) is -2.92. The zero-order valence-electron chi connectivity index (χ0n) is 17.5. The quantitative estimate of drug-likeness (QED) is 0.573. The average Bonchev–Trinajstić information content (AvgIpc) is 2.98. The van der Waals surface area contributed by atoms with Gasteiger partial charge in [0, 0.05) is 12.1 Å². The van der Waals surface area contributed by atoms with Crippen LogP contribution in [0.3, 0.4) is 0 Å². The molecule has 0 spiro atoms. The Balaban J connectivity index is 1.93. The topological polar surface area (TPSA) is 90.9 Å². The number of halogens is 3. The van der Waals surface area contributed by atoms with Gasteiger partial charge in [-0.15, -0.1) is 0 Å². The molecule has 1 aliphatic rings. The summed E-state index contributed by atoms with van der Waals surface area (Å²) in [5.41, 5.74) is 1.04. The summed E-state index contributed by atoms with van der Waals surface area (Å²) >= 11 is 5.98. The highest BCUT2D eigenvalue weighted by atomic mass is 35.5. The maximum Gasteiger partial charge on any atom is 0.335 e. The predicted octanol–water partition coefficient (Wildman–Crippen LogP) is 3.98. The molecule has 3 N–H and O–H groups in total. The second-order valence-corrected chi connectivity index (χ2v) is 7.97. The molecule has 0 radical (unpaired) electrons. The first kappa shape index (κ1) is 23.5. The fraction of sp³-hybridized carbons (Fsp3) is 0.273. The van der Waals surface area contributed by atoms with Crippen molar-refractivity contribution >= 4 is 23.5 Å². The van der Waals surface area contributed by atoms with Gasteiger partial charge in [0.15, 0.2) is 0 Å². The van der Waals surface area contributed by atoms with Crippen LogP contribution in [0.4, 0.5) is 8.78 Å². The second-order valence-electron chi connectivity index (χ2n) is 7.54. The molecule has 2 aromatic rings. The number of carbonyl (C=O) groups is 2. The number of hydrogen-bond acceptors (Lipinski definition) is 5. The lowest BCUT2D eigenvalue weighted by Gasteiger charge is -2.27. The van der Waals surface area contributed by atoms with Gasteiger partial charge in [0.25, 0.3) is 12.3 Å². The van der Waals surface area contributed by atoms with E-state index in [0.717, 1.165) is 0 Å². The minimum absolute atomic E-state index is 0.0824. The summed E-state index contributed by atoms with van der Waals surface area (Å²) in [5.74, 6) is -1.63. The number of rotatable bonds is 7. The van der Waals surface area contributed by atoms with E-state index in [1.54, 1.807) is 37.3 Å². The van der Waals surface area contributed by atoms with Crippen LogP contribution in [0.5, 0.6) is 5.75 Å². The zero-order chi connectivity index (χ0) is 23.6. The minimum Gasteiger partial charge on any atom is -0.478 e. The molecule has 7 nitrogen and oxygen atoms in total. The summed E-state index contributed by atoms with van der Waals surface area (Å²) < 4.78 is 33.8.